The lowest BCUT2D eigenvalue weighted by atomic mass is 10.0. The molecule has 2 aromatic carbocycles. The number of rotatable bonds is 8. The second-order valence-electron chi connectivity index (χ2n) is 8.97. The first-order chi connectivity index (χ1) is 19.3. The molecule has 0 spiro atoms. The van der Waals surface area contributed by atoms with Gasteiger partial charge < -0.3 is 30.2 Å². The van der Waals surface area contributed by atoms with E-state index in [2.05, 4.69) is 30.2 Å². The molecule has 1 aliphatic rings. The van der Waals surface area contributed by atoms with Gasteiger partial charge in [0.25, 0.3) is 5.92 Å². The third-order valence-corrected chi connectivity index (χ3v) is 6.46. The first kappa shape index (κ1) is 27.2. The fraction of sp³-hybridized carbons (Fsp3) is 0.269. The van der Waals surface area contributed by atoms with Gasteiger partial charge in [0, 0.05) is 24.7 Å². The van der Waals surface area contributed by atoms with Crippen LogP contribution in [-0.2, 0) is 0 Å². The van der Waals surface area contributed by atoms with Crippen molar-refractivity contribution in [1.29, 1.82) is 0 Å². The number of hydrogen-bond donors (Lipinski definition) is 2. The molecule has 3 heterocycles. The van der Waals surface area contributed by atoms with Crippen molar-refractivity contribution in [1.82, 2.24) is 24.8 Å². The summed E-state index contributed by atoms with van der Waals surface area (Å²) in [7, 11) is 3.10. The van der Waals surface area contributed by atoms with E-state index < -0.39 is 18.6 Å². The van der Waals surface area contributed by atoms with Gasteiger partial charge in [0.15, 0.2) is 23.4 Å². The minimum Gasteiger partial charge on any atom is -0.493 e. The number of nitrogens with two attached hydrogens (primary N) is 1. The summed E-state index contributed by atoms with van der Waals surface area (Å²) in [5.74, 6) is -1.46. The fourth-order valence-corrected chi connectivity index (χ4v) is 4.51. The maximum absolute atomic E-state index is 14.9. The predicted octanol–water partition coefficient (Wildman–Crippen LogP) is 4.95. The number of ether oxygens (including phenoxy) is 3. The molecule has 0 amide bonds. The van der Waals surface area contributed by atoms with Crippen molar-refractivity contribution in [2.45, 2.75) is 18.4 Å². The Bertz CT molecular complexity index is 1560. The summed E-state index contributed by atoms with van der Waals surface area (Å²) >= 11 is 6.49. The number of methoxy groups -OCH3 is 1. The molecule has 11 nitrogen and oxygen atoms in total. The van der Waals surface area contributed by atoms with Crippen molar-refractivity contribution in [3.05, 3.63) is 54.1 Å². The number of hydrogen-bond acceptors (Lipinski definition) is 10. The predicted molar refractivity (Wildman–Crippen MR) is 147 cm³/mol. The Morgan fingerprint density at radius 3 is 2.67 bits per heavy atom. The van der Waals surface area contributed by atoms with Gasteiger partial charge in [-0.3, -0.25) is 0 Å². The standard InChI is InChI=1S/C26H25ClF2N8O3/c1-37-8-7-20(26(28,29)11-37)40-24-19(38-2)6-4-17-23(24)25(35-13-32-17)36-15-3-5-18(16(27)9-15)39-22-10-21(31-12-30)33-14-34-22/h3-6,9-10,12-14,20H,7-8,11H2,1-2H3,(H,32,35,36)(H2,30,31,33,34)/t20-/m0/s1. The molecule has 1 aliphatic heterocycles. The molecule has 1 atom stereocenters. The van der Waals surface area contributed by atoms with E-state index in [1.807, 2.05) is 0 Å². The smallest absolute Gasteiger partial charge is 0.296 e. The van der Waals surface area contributed by atoms with E-state index in [9.17, 15) is 8.78 Å². The van der Waals surface area contributed by atoms with Gasteiger partial charge in [0.05, 0.1) is 35.9 Å². The highest BCUT2D eigenvalue weighted by Gasteiger charge is 2.46. The highest BCUT2D eigenvalue weighted by atomic mass is 35.5. The zero-order valence-electron chi connectivity index (χ0n) is 21.5. The minimum absolute atomic E-state index is 0.128. The molecule has 0 saturated carbocycles. The number of alkyl halides is 2. The summed E-state index contributed by atoms with van der Waals surface area (Å²) in [6, 6.07) is 9.80. The Hall–Kier alpha value is -4.36. The van der Waals surface area contributed by atoms with Crippen LogP contribution in [0.3, 0.4) is 0 Å². The van der Waals surface area contributed by atoms with Gasteiger partial charge in [0.1, 0.15) is 24.2 Å². The summed E-state index contributed by atoms with van der Waals surface area (Å²) < 4.78 is 47.0. The second kappa shape index (κ2) is 11.4. The van der Waals surface area contributed by atoms with Gasteiger partial charge in [-0.15, -0.1) is 0 Å². The molecule has 40 heavy (non-hydrogen) atoms. The van der Waals surface area contributed by atoms with E-state index in [4.69, 9.17) is 31.5 Å². The number of halogens is 3. The zero-order chi connectivity index (χ0) is 28.3. The van der Waals surface area contributed by atoms with E-state index in [0.29, 0.717) is 40.5 Å². The largest absolute Gasteiger partial charge is 0.493 e. The summed E-state index contributed by atoms with van der Waals surface area (Å²) in [6.45, 7) is 0.0637. The molecule has 0 radical (unpaired) electrons. The van der Waals surface area contributed by atoms with Crippen molar-refractivity contribution in [2.75, 3.05) is 32.6 Å². The molecule has 1 fully saturated rings. The summed E-state index contributed by atoms with van der Waals surface area (Å²) in [6.07, 6.45) is 2.56. The van der Waals surface area contributed by atoms with Crippen molar-refractivity contribution >= 4 is 46.2 Å². The molecule has 5 rings (SSSR count). The number of nitrogens with one attached hydrogen (secondary N) is 1. The third-order valence-electron chi connectivity index (χ3n) is 6.17. The number of anilines is 2. The van der Waals surface area contributed by atoms with Gasteiger partial charge in [-0.25, -0.2) is 33.7 Å². The number of aromatic nitrogens is 4. The van der Waals surface area contributed by atoms with Crippen molar-refractivity contribution in [3.8, 4) is 23.1 Å². The highest BCUT2D eigenvalue weighted by molar-refractivity contribution is 6.32. The van der Waals surface area contributed by atoms with Crippen molar-refractivity contribution in [2.24, 2.45) is 10.7 Å². The lowest BCUT2D eigenvalue weighted by molar-refractivity contribution is -0.135. The molecule has 1 saturated heterocycles. The number of likely N-dealkylation sites (tertiary alicyclic amines) is 1. The Balaban J connectivity index is 1.45. The van der Waals surface area contributed by atoms with Crippen LogP contribution in [0.15, 0.2) is 54.0 Å². The lowest BCUT2D eigenvalue weighted by Crippen LogP contribution is -2.52. The minimum atomic E-state index is -3.06. The van der Waals surface area contributed by atoms with E-state index in [-0.39, 0.29) is 28.8 Å². The molecule has 0 aliphatic carbocycles. The van der Waals surface area contributed by atoms with E-state index >= 15 is 0 Å². The van der Waals surface area contributed by atoms with Gasteiger partial charge >= 0.3 is 0 Å². The summed E-state index contributed by atoms with van der Waals surface area (Å²) in [4.78, 5) is 22.1. The quantitative estimate of drug-likeness (QED) is 0.221. The summed E-state index contributed by atoms with van der Waals surface area (Å²) in [5, 5.41) is 3.84. The van der Waals surface area contributed by atoms with E-state index in [1.165, 1.54) is 25.8 Å². The first-order valence-corrected chi connectivity index (χ1v) is 12.5. The van der Waals surface area contributed by atoms with Gasteiger partial charge in [-0.2, -0.15) is 0 Å². The maximum Gasteiger partial charge on any atom is 0.296 e. The normalized spacial score (nSPS) is 17.2. The Labute approximate surface area is 233 Å². The molecule has 0 unspecified atom stereocenters. The molecular weight excluding hydrogens is 546 g/mol. The average Bonchev–Trinajstić information content (AvgIpc) is 2.92. The molecular formula is C26H25ClF2N8O3. The topological polar surface area (TPSA) is 133 Å². The number of piperidine rings is 1. The van der Waals surface area contributed by atoms with Crippen LogP contribution in [0.5, 0.6) is 23.1 Å². The Kier molecular flexibility index (Phi) is 7.76. The van der Waals surface area contributed by atoms with Crippen LogP contribution in [0.4, 0.5) is 26.1 Å². The van der Waals surface area contributed by atoms with E-state index in [1.54, 1.807) is 42.3 Å². The van der Waals surface area contributed by atoms with Crippen LogP contribution in [0.2, 0.25) is 5.02 Å². The van der Waals surface area contributed by atoms with Crippen LogP contribution in [-0.4, -0.2) is 70.4 Å². The van der Waals surface area contributed by atoms with Crippen LogP contribution >= 0.6 is 11.6 Å². The average molecular weight is 571 g/mol. The van der Waals surface area contributed by atoms with Gasteiger partial charge in [-0.1, -0.05) is 11.6 Å². The lowest BCUT2D eigenvalue weighted by Gasteiger charge is -2.36. The molecule has 14 heteroatoms. The molecule has 208 valence electrons. The molecule has 3 N–H and O–H groups in total. The van der Waals surface area contributed by atoms with Crippen LogP contribution in [0.1, 0.15) is 6.42 Å². The number of benzene rings is 2. The second-order valence-corrected chi connectivity index (χ2v) is 9.38. The molecule has 2 aromatic heterocycles. The maximum atomic E-state index is 14.9. The molecule has 0 bridgehead atoms. The fourth-order valence-electron chi connectivity index (χ4n) is 4.30. The summed E-state index contributed by atoms with van der Waals surface area (Å²) in [5.41, 5.74) is 6.34. The van der Waals surface area contributed by atoms with Crippen LogP contribution < -0.4 is 25.3 Å². The Morgan fingerprint density at radius 1 is 1.12 bits per heavy atom. The SMILES string of the molecule is COc1ccc2ncnc(Nc3ccc(Oc4cc(N=CN)ncn4)c(Cl)c3)c2c1O[C@H]1CCN(C)CC1(F)F. The number of nitrogens with zero attached hydrogens (tertiary/aromatic N) is 6. The van der Waals surface area contributed by atoms with Crippen LogP contribution in [0, 0.1) is 0 Å². The Morgan fingerprint density at radius 2 is 1.93 bits per heavy atom. The van der Waals surface area contributed by atoms with Crippen molar-refractivity contribution in [3.63, 3.8) is 0 Å². The van der Waals surface area contributed by atoms with E-state index in [0.717, 1.165) is 6.34 Å². The monoisotopic (exact) mass is 570 g/mol. The first-order valence-electron chi connectivity index (χ1n) is 12.1. The van der Waals surface area contributed by atoms with Crippen molar-refractivity contribution < 1.29 is 23.0 Å². The van der Waals surface area contributed by atoms with Gasteiger partial charge in [0.2, 0.25) is 5.88 Å². The van der Waals surface area contributed by atoms with Gasteiger partial charge in [-0.05, 0) is 37.4 Å². The number of fused-ring (bicyclic) bond motifs is 1. The molecule has 4 aromatic rings. The third kappa shape index (κ3) is 5.80. The zero-order valence-corrected chi connectivity index (χ0v) is 22.3. The number of aliphatic imine (C=N–C) groups is 1. The highest BCUT2D eigenvalue weighted by Crippen LogP contribution is 2.42. The van der Waals surface area contributed by atoms with Crippen LogP contribution in [0.25, 0.3) is 10.9 Å².